The van der Waals surface area contributed by atoms with E-state index in [0.29, 0.717) is 18.1 Å². The van der Waals surface area contributed by atoms with E-state index in [0.717, 1.165) is 18.8 Å². The minimum Gasteiger partial charge on any atom is -0.444 e. The second-order valence-electron chi connectivity index (χ2n) is 7.62. The quantitative estimate of drug-likeness (QED) is 0.688. The number of rotatable bonds is 7. The molecule has 1 aromatic rings. The second kappa shape index (κ2) is 10.4. The number of anilines is 2. The van der Waals surface area contributed by atoms with Gasteiger partial charge >= 0.3 is 6.09 Å². The normalized spacial score (nSPS) is 14.6. The summed E-state index contributed by atoms with van der Waals surface area (Å²) >= 11 is 1.48. The average Bonchev–Trinajstić information content (AvgIpc) is 2.61. The summed E-state index contributed by atoms with van der Waals surface area (Å²) in [5, 5.41) is 5.59. The Morgan fingerprint density at radius 3 is 2.41 bits per heavy atom. The number of hydrogen-bond acceptors (Lipinski definition) is 5. The summed E-state index contributed by atoms with van der Waals surface area (Å²) in [5.41, 5.74) is 1.53. The fraction of sp³-hybridized carbons (Fsp3) is 0.600. The Kier molecular flexibility index (Phi) is 8.28. The van der Waals surface area contributed by atoms with Crippen molar-refractivity contribution in [2.24, 2.45) is 0 Å². The Hall–Kier alpha value is -1.89. The molecule has 27 heavy (non-hydrogen) atoms. The zero-order valence-corrected chi connectivity index (χ0v) is 17.4. The van der Waals surface area contributed by atoms with Crippen LogP contribution in [-0.2, 0) is 9.53 Å². The molecule has 1 aliphatic rings. The molecule has 1 heterocycles. The predicted octanol–water partition coefficient (Wildman–Crippen LogP) is 3.87. The predicted molar refractivity (Wildman–Crippen MR) is 113 cm³/mol. The summed E-state index contributed by atoms with van der Waals surface area (Å²) in [6, 6.07) is 8.05. The number of carbonyl (C=O) groups excluding carboxylic acids is 2. The number of carbonyl (C=O) groups is 2. The Morgan fingerprint density at radius 1 is 1.11 bits per heavy atom. The number of hydrogen-bond donors (Lipinski definition) is 2. The van der Waals surface area contributed by atoms with E-state index >= 15 is 0 Å². The first-order valence-corrected chi connectivity index (χ1v) is 10.7. The van der Waals surface area contributed by atoms with Crippen molar-refractivity contribution >= 4 is 35.1 Å². The molecule has 0 bridgehead atoms. The third-order valence-corrected chi connectivity index (χ3v) is 4.98. The Labute approximate surface area is 166 Å². The Bertz CT molecular complexity index is 608. The second-order valence-corrected chi connectivity index (χ2v) is 8.73. The highest BCUT2D eigenvalue weighted by atomic mass is 32.2. The topological polar surface area (TPSA) is 70.7 Å². The summed E-state index contributed by atoms with van der Waals surface area (Å²) in [4.78, 5) is 25.9. The molecule has 0 aliphatic carbocycles. The number of amides is 2. The molecule has 2 rings (SSSR count). The van der Waals surface area contributed by atoms with Crippen LogP contribution < -0.4 is 15.5 Å². The van der Waals surface area contributed by atoms with Gasteiger partial charge in [-0.25, -0.2) is 4.79 Å². The maximum absolute atomic E-state index is 12.0. The van der Waals surface area contributed by atoms with E-state index in [-0.39, 0.29) is 5.91 Å². The lowest BCUT2D eigenvalue weighted by molar-refractivity contribution is -0.113. The molecule has 0 saturated carbocycles. The van der Waals surface area contributed by atoms with Gasteiger partial charge in [0, 0.05) is 36.8 Å². The van der Waals surface area contributed by atoms with Crippen molar-refractivity contribution in [1.29, 1.82) is 0 Å². The van der Waals surface area contributed by atoms with Crippen molar-refractivity contribution in [3.63, 3.8) is 0 Å². The lowest BCUT2D eigenvalue weighted by atomic mass is 10.1. The summed E-state index contributed by atoms with van der Waals surface area (Å²) < 4.78 is 5.16. The fourth-order valence-corrected chi connectivity index (χ4v) is 3.46. The smallest absolute Gasteiger partial charge is 0.407 e. The first-order valence-electron chi connectivity index (χ1n) is 9.53. The molecule has 1 fully saturated rings. The van der Waals surface area contributed by atoms with Crippen molar-refractivity contribution in [3.05, 3.63) is 24.3 Å². The van der Waals surface area contributed by atoms with Crippen molar-refractivity contribution in [2.45, 2.75) is 45.6 Å². The molecule has 0 unspecified atom stereocenters. The number of alkyl carbamates (subject to hydrolysis) is 1. The van der Waals surface area contributed by atoms with E-state index in [1.807, 2.05) is 32.9 Å². The van der Waals surface area contributed by atoms with Gasteiger partial charge in [0.25, 0.3) is 0 Å². The molecular formula is C20H31N3O3S. The lowest BCUT2D eigenvalue weighted by Gasteiger charge is -2.28. The molecule has 2 amide bonds. The third-order valence-electron chi connectivity index (χ3n) is 4.02. The van der Waals surface area contributed by atoms with E-state index in [4.69, 9.17) is 4.74 Å². The fourth-order valence-electron chi connectivity index (χ4n) is 2.81. The molecule has 2 N–H and O–H groups in total. The molecule has 150 valence electrons. The summed E-state index contributed by atoms with van der Waals surface area (Å²) in [6.45, 7) is 8.16. The molecule has 0 atom stereocenters. The van der Waals surface area contributed by atoms with Crippen LogP contribution in [0.25, 0.3) is 0 Å². The lowest BCUT2D eigenvalue weighted by Crippen LogP contribution is -2.33. The van der Waals surface area contributed by atoms with Crippen LogP contribution in [-0.4, -0.2) is 48.7 Å². The summed E-state index contributed by atoms with van der Waals surface area (Å²) in [5.74, 6) is 0.966. The van der Waals surface area contributed by atoms with Crippen LogP contribution in [0.4, 0.5) is 16.2 Å². The van der Waals surface area contributed by atoms with Crippen LogP contribution in [0.2, 0.25) is 0 Å². The molecule has 1 saturated heterocycles. The van der Waals surface area contributed by atoms with Crippen molar-refractivity contribution < 1.29 is 14.3 Å². The van der Waals surface area contributed by atoms with Gasteiger partial charge in [0.1, 0.15) is 5.60 Å². The van der Waals surface area contributed by atoms with Gasteiger partial charge in [-0.2, -0.15) is 11.8 Å². The van der Waals surface area contributed by atoms with Gasteiger partial charge in [-0.1, -0.05) is 0 Å². The zero-order valence-electron chi connectivity index (χ0n) is 16.5. The monoisotopic (exact) mass is 393 g/mol. The number of thioether (sulfide) groups is 1. The SMILES string of the molecule is CC(C)(C)OC(=O)NCCSCC(=O)Nc1ccc(N2CCCCC2)cc1. The summed E-state index contributed by atoms with van der Waals surface area (Å²) in [7, 11) is 0. The van der Waals surface area contributed by atoms with E-state index in [1.165, 1.54) is 36.7 Å². The molecule has 6 nitrogen and oxygen atoms in total. The zero-order chi connectivity index (χ0) is 19.7. The molecule has 1 aromatic carbocycles. The largest absolute Gasteiger partial charge is 0.444 e. The van der Waals surface area contributed by atoms with Crippen LogP contribution >= 0.6 is 11.8 Å². The van der Waals surface area contributed by atoms with Crippen LogP contribution in [0, 0.1) is 0 Å². The van der Waals surface area contributed by atoms with E-state index in [9.17, 15) is 9.59 Å². The van der Waals surface area contributed by atoms with Gasteiger partial charge in [0.15, 0.2) is 0 Å². The van der Waals surface area contributed by atoms with Crippen LogP contribution in [0.5, 0.6) is 0 Å². The maximum atomic E-state index is 12.0. The highest BCUT2D eigenvalue weighted by Gasteiger charge is 2.15. The number of nitrogens with zero attached hydrogens (tertiary/aromatic N) is 1. The van der Waals surface area contributed by atoms with Gasteiger partial charge in [-0.15, -0.1) is 0 Å². The van der Waals surface area contributed by atoms with Gasteiger partial charge in [0.05, 0.1) is 5.75 Å². The van der Waals surface area contributed by atoms with E-state index < -0.39 is 11.7 Å². The van der Waals surface area contributed by atoms with E-state index in [1.54, 1.807) is 0 Å². The molecule has 0 aromatic heterocycles. The highest BCUT2D eigenvalue weighted by molar-refractivity contribution is 7.99. The molecule has 1 aliphatic heterocycles. The van der Waals surface area contributed by atoms with Crippen molar-refractivity contribution in [2.75, 3.05) is 41.4 Å². The molecule has 7 heteroatoms. The third kappa shape index (κ3) is 8.56. The average molecular weight is 394 g/mol. The van der Waals surface area contributed by atoms with E-state index in [2.05, 4.69) is 27.7 Å². The van der Waals surface area contributed by atoms with Gasteiger partial charge in [0.2, 0.25) is 5.91 Å². The number of benzene rings is 1. The van der Waals surface area contributed by atoms with Crippen LogP contribution in [0.3, 0.4) is 0 Å². The molecular weight excluding hydrogens is 362 g/mol. The van der Waals surface area contributed by atoms with Gasteiger partial charge < -0.3 is 20.3 Å². The van der Waals surface area contributed by atoms with Crippen LogP contribution in [0.1, 0.15) is 40.0 Å². The van der Waals surface area contributed by atoms with Gasteiger partial charge in [-0.05, 0) is 64.3 Å². The molecule has 0 radical (unpaired) electrons. The van der Waals surface area contributed by atoms with Crippen molar-refractivity contribution in [3.8, 4) is 0 Å². The molecule has 0 spiro atoms. The van der Waals surface area contributed by atoms with Crippen LogP contribution in [0.15, 0.2) is 24.3 Å². The van der Waals surface area contributed by atoms with Crippen molar-refractivity contribution in [1.82, 2.24) is 5.32 Å². The standard InChI is InChI=1S/C20H31N3O3S/c1-20(2,3)26-19(25)21-11-14-27-15-18(24)22-16-7-9-17(10-8-16)23-12-5-4-6-13-23/h7-10H,4-6,11-15H2,1-3H3,(H,21,25)(H,22,24). The summed E-state index contributed by atoms with van der Waals surface area (Å²) in [6.07, 6.45) is 3.38. The number of piperidine rings is 1. The Morgan fingerprint density at radius 2 is 1.78 bits per heavy atom. The van der Waals surface area contributed by atoms with Gasteiger partial charge in [-0.3, -0.25) is 4.79 Å². The minimum absolute atomic E-state index is 0.0389. The number of nitrogens with one attached hydrogen (secondary N) is 2. The highest BCUT2D eigenvalue weighted by Crippen LogP contribution is 2.21. The first kappa shape index (κ1) is 21.4. The Balaban J connectivity index is 1.62. The number of ether oxygens (including phenoxy) is 1. The minimum atomic E-state index is -0.499. The first-order chi connectivity index (χ1) is 12.8. The maximum Gasteiger partial charge on any atom is 0.407 e.